The van der Waals surface area contributed by atoms with Crippen LogP contribution in [0, 0.1) is 13.8 Å². The van der Waals surface area contributed by atoms with Crippen molar-refractivity contribution < 1.29 is 0 Å². The highest BCUT2D eigenvalue weighted by Crippen LogP contribution is 2.36. The first kappa shape index (κ1) is 29.4. The molecule has 0 aliphatic heterocycles. The van der Waals surface area contributed by atoms with E-state index >= 15 is 0 Å². The minimum atomic E-state index is 1.12. The molecule has 6 aromatic rings. The predicted molar refractivity (Wildman–Crippen MR) is 197 cm³/mol. The maximum absolute atomic E-state index is 2.33. The summed E-state index contributed by atoms with van der Waals surface area (Å²) in [5, 5.41) is 0. The van der Waals surface area contributed by atoms with E-state index in [0.717, 1.165) is 22.6 Å². The lowest BCUT2D eigenvalue weighted by Gasteiger charge is -2.26. The van der Waals surface area contributed by atoms with Gasteiger partial charge in [0.1, 0.15) is 0 Å². The van der Waals surface area contributed by atoms with Gasteiger partial charge in [0.15, 0.2) is 0 Å². The van der Waals surface area contributed by atoms with Gasteiger partial charge in [0.05, 0.1) is 0 Å². The van der Waals surface area contributed by atoms with E-state index in [0.29, 0.717) is 0 Å². The molecule has 0 fully saturated rings. The first-order valence-corrected chi connectivity index (χ1v) is 15.4. The van der Waals surface area contributed by atoms with Crippen LogP contribution in [0.3, 0.4) is 0 Å². The van der Waals surface area contributed by atoms with Crippen LogP contribution >= 0.6 is 0 Å². The summed E-state index contributed by atoms with van der Waals surface area (Å²) >= 11 is 0. The monoisotopic (exact) mass is 579 g/mol. The van der Waals surface area contributed by atoms with Crippen molar-refractivity contribution >= 4 is 53.5 Å². The van der Waals surface area contributed by atoms with Crippen molar-refractivity contribution in [1.82, 2.24) is 0 Å². The number of nitrogens with zero attached hydrogens (tertiary/aromatic N) is 1. The molecular formula is C44H37N. The van der Waals surface area contributed by atoms with E-state index in [-0.39, 0.29) is 0 Å². The number of hydrogen-bond acceptors (Lipinski definition) is 1. The number of hydrogen-bond donors (Lipinski definition) is 0. The topological polar surface area (TPSA) is 3.24 Å². The Kier molecular flexibility index (Phi) is 9.29. The molecule has 6 rings (SSSR count). The summed E-state index contributed by atoms with van der Waals surface area (Å²) in [6.07, 6.45) is 13.0. The van der Waals surface area contributed by atoms with Gasteiger partial charge in [-0.05, 0) is 94.8 Å². The molecule has 45 heavy (non-hydrogen) atoms. The second kappa shape index (κ2) is 14.2. The normalized spacial score (nSPS) is 11.5. The van der Waals surface area contributed by atoms with Gasteiger partial charge in [-0.15, -0.1) is 0 Å². The smallest absolute Gasteiger partial charge is 0.0464 e. The highest BCUT2D eigenvalue weighted by molar-refractivity contribution is 5.80. The summed E-state index contributed by atoms with van der Waals surface area (Å²) in [5.41, 5.74) is 13.1. The molecule has 0 atom stereocenters. The molecule has 0 aromatic heterocycles. The summed E-state index contributed by atoms with van der Waals surface area (Å²) in [6.45, 7) is 4.34. The molecule has 0 heterocycles. The standard InChI is InChI=1S/C44H37N/c1-34-13-28-44(33-35(34)2)45(42-29-24-40(25-30-42)17-15-37-11-7-4-8-12-37)43-31-26-41(27-32-43)23-22-39-20-18-38(19-21-39)16-14-36-9-5-3-6-10-36/h3-33H,1-2H3/b16-14-,17-15-,23-22-. The number of aryl methyl sites for hydroxylation is 2. The van der Waals surface area contributed by atoms with Gasteiger partial charge in [-0.1, -0.05) is 152 Å². The fourth-order valence-corrected chi connectivity index (χ4v) is 5.20. The van der Waals surface area contributed by atoms with Crippen LogP contribution in [0.4, 0.5) is 17.1 Å². The molecule has 0 N–H and O–H groups in total. The Balaban J connectivity index is 1.20. The van der Waals surface area contributed by atoms with E-state index in [2.05, 4.69) is 195 Å². The van der Waals surface area contributed by atoms with E-state index in [1.54, 1.807) is 0 Å². The molecule has 218 valence electrons. The van der Waals surface area contributed by atoms with Crippen LogP contribution in [0.5, 0.6) is 0 Å². The van der Waals surface area contributed by atoms with Gasteiger partial charge in [-0.25, -0.2) is 0 Å². The zero-order valence-corrected chi connectivity index (χ0v) is 25.8. The number of anilines is 3. The van der Waals surface area contributed by atoms with Crippen LogP contribution < -0.4 is 4.90 Å². The van der Waals surface area contributed by atoms with Crippen LogP contribution in [-0.2, 0) is 0 Å². The van der Waals surface area contributed by atoms with Crippen molar-refractivity contribution in [2.24, 2.45) is 0 Å². The van der Waals surface area contributed by atoms with Crippen molar-refractivity contribution in [1.29, 1.82) is 0 Å². The zero-order chi connectivity index (χ0) is 30.8. The minimum Gasteiger partial charge on any atom is -0.310 e. The summed E-state index contributed by atoms with van der Waals surface area (Å²) in [4.78, 5) is 2.33. The van der Waals surface area contributed by atoms with Crippen molar-refractivity contribution in [2.45, 2.75) is 13.8 Å². The van der Waals surface area contributed by atoms with Crippen LogP contribution in [0.2, 0.25) is 0 Å². The third-order valence-corrected chi connectivity index (χ3v) is 7.99. The second-order valence-electron chi connectivity index (χ2n) is 11.3. The summed E-state index contributed by atoms with van der Waals surface area (Å²) < 4.78 is 0. The Morgan fingerprint density at radius 1 is 0.311 bits per heavy atom. The Labute approximate surface area is 267 Å². The van der Waals surface area contributed by atoms with Gasteiger partial charge in [-0.2, -0.15) is 0 Å². The maximum Gasteiger partial charge on any atom is 0.0464 e. The molecule has 0 bridgehead atoms. The van der Waals surface area contributed by atoms with Crippen molar-refractivity contribution in [3.8, 4) is 0 Å². The first-order valence-electron chi connectivity index (χ1n) is 15.4. The molecule has 0 aliphatic rings. The van der Waals surface area contributed by atoms with Crippen LogP contribution in [0.1, 0.15) is 44.5 Å². The third kappa shape index (κ3) is 7.84. The quantitative estimate of drug-likeness (QED) is 0.154. The van der Waals surface area contributed by atoms with Gasteiger partial charge in [0, 0.05) is 17.1 Å². The highest BCUT2D eigenvalue weighted by atomic mass is 15.1. The van der Waals surface area contributed by atoms with E-state index in [9.17, 15) is 0 Å². The average molecular weight is 580 g/mol. The van der Waals surface area contributed by atoms with E-state index in [4.69, 9.17) is 0 Å². The van der Waals surface area contributed by atoms with Gasteiger partial charge < -0.3 is 4.90 Å². The average Bonchev–Trinajstić information content (AvgIpc) is 3.10. The van der Waals surface area contributed by atoms with E-state index < -0.39 is 0 Å². The lowest BCUT2D eigenvalue weighted by Crippen LogP contribution is -2.10. The maximum atomic E-state index is 2.33. The van der Waals surface area contributed by atoms with Crippen molar-refractivity contribution in [3.05, 3.63) is 196 Å². The predicted octanol–water partition coefficient (Wildman–Crippen LogP) is 12.3. The summed E-state index contributed by atoms with van der Waals surface area (Å²) in [6, 6.07) is 53.7. The lowest BCUT2D eigenvalue weighted by atomic mass is 10.1. The minimum absolute atomic E-state index is 1.12. The van der Waals surface area contributed by atoms with Gasteiger partial charge in [0.2, 0.25) is 0 Å². The fourth-order valence-electron chi connectivity index (χ4n) is 5.20. The van der Waals surface area contributed by atoms with Gasteiger partial charge in [0.25, 0.3) is 0 Å². The Bertz CT molecular complexity index is 1910. The molecule has 1 nitrogen and oxygen atoms in total. The SMILES string of the molecule is Cc1ccc(N(c2ccc(/C=C\c3ccccc3)cc2)c2ccc(/C=C\c3ccc(/C=C\c4ccccc4)cc3)cc2)cc1C. The highest BCUT2D eigenvalue weighted by Gasteiger charge is 2.13. The Hall–Kier alpha value is -5.66. The van der Waals surface area contributed by atoms with Gasteiger partial charge in [-0.3, -0.25) is 0 Å². The molecule has 0 unspecified atom stereocenters. The zero-order valence-electron chi connectivity index (χ0n) is 25.8. The molecule has 1 heteroatoms. The molecule has 0 saturated heterocycles. The summed E-state index contributed by atoms with van der Waals surface area (Å²) in [5.74, 6) is 0. The molecule has 0 saturated carbocycles. The summed E-state index contributed by atoms with van der Waals surface area (Å²) in [7, 11) is 0. The van der Waals surface area contributed by atoms with E-state index in [1.807, 2.05) is 12.1 Å². The molecule has 0 spiro atoms. The number of rotatable bonds is 9. The molecule has 0 amide bonds. The molecule has 0 radical (unpaired) electrons. The Morgan fingerprint density at radius 2 is 0.622 bits per heavy atom. The molecular weight excluding hydrogens is 542 g/mol. The Morgan fingerprint density at radius 3 is 0.978 bits per heavy atom. The lowest BCUT2D eigenvalue weighted by molar-refractivity contribution is 1.25. The van der Waals surface area contributed by atoms with E-state index in [1.165, 1.54) is 38.9 Å². The van der Waals surface area contributed by atoms with Crippen LogP contribution in [0.25, 0.3) is 36.5 Å². The first-order chi connectivity index (χ1) is 22.1. The van der Waals surface area contributed by atoms with Crippen molar-refractivity contribution in [2.75, 3.05) is 4.90 Å². The third-order valence-electron chi connectivity index (χ3n) is 7.99. The largest absolute Gasteiger partial charge is 0.310 e. The number of benzene rings is 6. The van der Waals surface area contributed by atoms with Gasteiger partial charge >= 0.3 is 0 Å². The molecule has 0 aliphatic carbocycles. The fraction of sp³-hybridized carbons (Fsp3) is 0.0455. The van der Waals surface area contributed by atoms with Crippen molar-refractivity contribution in [3.63, 3.8) is 0 Å². The molecule has 6 aromatic carbocycles. The van der Waals surface area contributed by atoms with Crippen LogP contribution in [-0.4, -0.2) is 0 Å². The van der Waals surface area contributed by atoms with Crippen LogP contribution in [0.15, 0.2) is 152 Å². The second-order valence-corrected chi connectivity index (χ2v) is 11.3.